The number of imide groups is 1. The van der Waals surface area contributed by atoms with Crippen LogP contribution in [-0.2, 0) is 27.5 Å². The lowest BCUT2D eigenvalue weighted by Gasteiger charge is -2.28. The van der Waals surface area contributed by atoms with Gasteiger partial charge in [0.2, 0.25) is 0 Å². The molecule has 0 saturated heterocycles. The van der Waals surface area contributed by atoms with E-state index in [4.69, 9.17) is 14.2 Å². The number of carbonyl (C=O) groups excluding carboxylic acids is 3. The molecule has 0 saturated carbocycles. The molecule has 2 aromatic carbocycles. The Morgan fingerprint density at radius 2 is 1.84 bits per heavy atom. The van der Waals surface area contributed by atoms with Gasteiger partial charge in [-0.15, -0.1) is 0 Å². The van der Waals surface area contributed by atoms with Gasteiger partial charge in [0.25, 0.3) is 17.5 Å². The molecule has 2 heterocycles. The average molecular weight is 440 g/mol. The van der Waals surface area contributed by atoms with Crippen LogP contribution in [0.2, 0.25) is 0 Å². The maximum atomic E-state index is 13.0. The number of amides is 2. The zero-order valence-electron chi connectivity index (χ0n) is 17.4. The lowest BCUT2D eigenvalue weighted by molar-refractivity contribution is -0.385. The van der Waals surface area contributed by atoms with Crippen LogP contribution in [0.4, 0.5) is 5.69 Å². The molecule has 0 fully saturated rings. The molecule has 0 spiro atoms. The van der Waals surface area contributed by atoms with Crippen molar-refractivity contribution in [3.8, 4) is 5.75 Å². The summed E-state index contributed by atoms with van der Waals surface area (Å²) < 4.78 is 16.1. The van der Waals surface area contributed by atoms with Gasteiger partial charge in [-0.25, -0.2) is 4.79 Å². The number of nitro benzene ring substituents is 1. The number of hydrogen-bond donors (Lipinski definition) is 0. The zero-order valence-corrected chi connectivity index (χ0v) is 17.4. The number of benzene rings is 2. The molecule has 166 valence electrons. The average Bonchev–Trinajstić information content (AvgIpc) is 3.02. The Labute approximate surface area is 182 Å². The summed E-state index contributed by atoms with van der Waals surface area (Å²) in [5, 5.41) is 11.3. The van der Waals surface area contributed by atoms with Crippen LogP contribution in [0, 0.1) is 16.0 Å². The molecular formula is C22H20N2O8. The van der Waals surface area contributed by atoms with Crippen LogP contribution in [0.5, 0.6) is 5.75 Å². The van der Waals surface area contributed by atoms with Gasteiger partial charge in [0.1, 0.15) is 18.4 Å². The molecule has 4 rings (SSSR count). The van der Waals surface area contributed by atoms with Crippen molar-refractivity contribution in [2.75, 3.05) is 6.79 Å². The van der Waals surface area contributed by atoms with Crippen molar-refractivity contribution in [1.82, 2.24) is 4.90 Å². The van der Waals surface area contributed by atoms with E-state index in [1.54, 1.807) is 26.0 Å². The molecule has 2 aromatic rings. The number of non-ortho nitro benzene ring substituents is 1. The molecule has 0 N–H and O–H groups in total. The molecule has 0 aliphatic carbocycles. The van der Waals surface area contributed by atoms with Crippen molar-refractivity contribution in [2.24, 2.45) is 5.92 Å². The van der Waals surface area contributed by atoms with Crippen LogP contribution in [-0.4, -0.2) is 40.4 Å². The Morgan fingerprint density at radius 1 is 1.19 bits per heavy atom. The second kappa shape index (κ2) is 8.39. The molecule has 10 nitrogen and oxygen atoms in total. The Morgan fingerprint density at radius 3 is 2.44 bits per heavy atom. The highest BCUT2D eigenvalue weighted by molar-refractivity contribution is 6.22. The fraction of sp³-hybridized carbons (Fsp3) is 0.318. The summed E-state index contributed by atoms with van der Waals surface area (Å²) in [5.41, 5.74) is 1.05. The third kappa shape index (κ3) is 3.69. The lowest BCUT2D eigenvalue weighted by Crippen LogP contribution is -2.48. The van der Waals surface area contributed by atoms with Gasteiger partial charge >= 0.3 is 5.97 Å². The predicted octanol–water partition coefficient (Wildman–Crippen LogP) is 2.83. The van der Waals surface area contributed by atoms with Crippen molar-refractivity contribution in [2.45, 2.75) is 33.1 Å². The van der Waals surface area contributed by atoms with Gasteiger partial charge in [-0.3, -0.25) is 24.6 Å². The molecule has 1 atom stereocenters. The van der Waals surface area contributed by atoms with Crippen LogP contribution in [0.25, 0.3) is 0 Å². The van der Waals surface area contributed by atoms with E-state index in [0.717, 1.165) is 4.90 Å². The van der Waals surface area contributed by atoms with Crippen LogP contribution >= 0.6 is 0 Å². The maximum Gasteiger partial charge on any atom is 0.329 e. The Bertz CT molecular complexity index is 1090. The topological polar surface area (TPSA) is 125 Å². The smallest absolute Gasteiger partial charge is 0.329 e. The quantitative estimate of drug-likeness (QED) is 0.291. The fourth-order valence-corrected chi connectivity index (χ4v) is 3.86. The van der Waals surface area contributed by atoms with Gasteiger partial charge in [-0.1, -0.05) is 26.0 Å². The first kappa shape index (κ1) is 21.4. The van der Waals surface area contributed by atoms with Gasteiger partial charge in [-0.2, -0.15) is 0 Å². The van der Waals surface area contributed by atoms with Gasteiger partial charge in [0, 0.05) is 23.3 Å². The minimum atomic E-state index is -1.15. The lowest BCUT2D eigenvalue weighted by atomic mass is 10.0. The van der Waals surface area contributed by atoms with E-state index in [-0.39, 0.29) is 36.8 Å². The van der Waals surface area contributed by atoms with Gasteiger partial charge in [0.15, 0.2) is 6.79 Å². The monoisotopic (exact) mass is 440 g/mol. The molecule has 32 heavy (non-hydrogen) atoms. The summed E-state index contributed by atoms with van der Waals surface area (Å²) in [6, 6.07) is 7.82. The largest absolute Gasteiger partial charge is 0.467 e. The van der Waals surface area contributed by atoms with Crippen molar-refractivity contribution in [3.05, 3.63) is 68.8 Å². The summed E-state index contributed by atoms with van der Waals surface area (Å²) in [7, 11) is 0. The van der Waals surface area contributed by atoms with Crippen LogP contribution in [0.1, 0.15) is 45.7 Å². The van der Waals surface area contributed by atoms with Crippen molar-refractivity contribution >= 4 is 23.5 Å². The second-order valence-corrected chi connectivity index (χ2v) is 7.78. The van der Waals surface area contributed by atoms with Gasteiger partial charge in [-0.05, 0) is 18.1 Å². The number of carbonyl (C=O) groups is 3. The number of nitro groups is 1. The van der Waals surface area contributed by atoms with Crippen molar-refractivity contribution in [3.63, 3.8) is 0 Å². The highest BCUT2D eigenvalue weighted by atomic mass is 16.7. The van der Waals surface area contributed by atoms with Gasteiger partial charge < -0.3 is 14.2 Å². The summed E-state index contributed by atoms with van der Waals surface area (Å²) in [4.78, 5) is 50.3. The third-order valence-corrected chi connectivity index (χ3v) is 5.33. The second-order valence-electron chi connectivity index (χ2n) is 7.78. The Hall–Kier alpha value is -3.79. The summed E-state index contributed by atoms with van der Waals surface area (Å²) in [6.07, 6.45) is 0. The van der Waals surface area contributed by atoms with E-state index in [2.05, 4.69) is 0 Å². The van der Waals surface area contributed by atoms with Crippen LogP contribution < -0.4 is 4.74 Å². The van der Waals surface area contributed by atoms with E-state index >= 15 is 0 Å². The molecule has 0 aromatic heterocycles. The third-order valence-electron chi connectivity index (χ3n) is 5.33. The highest BCUT2D eigenvalue weighted by Gasteiger charge is 2.44. The molecule has 10 heteroatoms. The van der Waals surface area contributed by atoms with Crippen LogP contribution in [0.3, 0.4) is 0 Å². The highest BCUT2D eigenvalue weighted by Crippen LogP contribution is 2.34. The first-order valence-corrected chi connectivity index (χ1v) is 9.94. The summed E-state index contributed by atoms with van der Waals surface area (Å²) >= 11 is 0. The summed E-state index contributed by atoms with van der Waals surface area (Å²) in [6.45, 7) is 3.17. The van der Waals surface area contributed by atoms with Crippen LogP contribution in [0.15, 0.2) is 36.4 Å². The predicted molar refractivity (Wildman–Crippen MR) is 109 cm³/mol. The molecule has 0 radical (unpaired) electrons. The fourth-order valence-electron chi connectivity index (χ4n) is 3.86. The first-order valence-electron chi connectivity index (χ1n) is 9.94. The number of hydrogen-bond acceptors (Lipinski definition) is 8. The molecule has 0 bridgehead atoms. The minimum Gasteiger partial charge on any atom is -0.467 e. The van der Waals surface area contributed by atoms with E-state index in [9.17, 15) is 24.5 Å². The standard InChI is InChI=1S/C22H20N2O8/c1-12(2)18(23-20(25)16-5-3-4-6-17(16)21(23)26)22(27)31-10-14-8-15(24(28)29)7-13-9-30-11-32-19(13)14/h3-8,12,18H,9-11H2,1-2H3. The van der Waals surface area contributed by atoms with E-state index in [0.29, 0.717) is 16.9 Å². The van der Waals surface area contributed by atoms with E-state index in [1.165, 1.54) is 24.3 Å². The van der Waals surface area contributed by atoms with Crippen molar-refractivity contribution < 1.29 is 33.5 Å². The maximum absolute atomic E-state index is 13.0. The molecule has 2 aliphatic rings. The summed E-state index contributed by atoms with van der Waals surface area (Å²) in [5.74, 6) is -1.98. The Kier molecular flexibility index (Phi) is 5.62. The number of esters is 1. The molecular weight excluding hydrogens is 420 g/mol. The Balaban J connectivity index is 1.58. The number of nitrogens with zero attached hydrogens (tertiary/aromatic N) is 2. The minimum absolute atomic E-state index is 0.0323. The van der Waals surface area contributed by atoms with E-state index in [1.807, 2.05) is 0 Å². The van der Waals surface area contributed by atoms with Gasteiger partial charge in [0.05, 0.1) is 22.7 Å². The number of rotatable bonds is 6. The first-order chi connectivity index (χ1) is 15.3. The SMILES string of the molecule is CC(C)C(C(=O)OCc1cc([N+](=O)[O-])cc2c1OCOC2)N1C(=O)c2ccccc2C1=O. The number of fused-ring (bicyclic) bond motifs is 2. The van der Waals surface area contributed by atoms with E-state index < -0.39 is 34.7 Å². The number of ether oxygens (including phenoxy) is 3. The normalized spacial score (nSPS) is 15.8. The molecule has 1 unspecified atom stereocenters. The molecule has 2 aliphatic heterocycles. The molecule has 2 amide bonds. The zero-order chi connectivity index (χ0) is 23.0. The van der Waals surface area contributed by atoms with Crippen molar-refractivity contribution in [1.29, 1.82) is 0 Å².